The van der Waals surface area contributed by atoms with E-state index < -0.39 is 69.0 Å². The number of alkyl halides is 2. The molecule has 1 N–H and O–H groups in total. The van der Waals surface area contributed by atoms with Gasteiger partial charge in [0.1, 0.15) is 6.17 Å². The summed E-state index contributed by atoms with van der Waals surface area (Å²) >= 11 is 4.11. The van der Waals surface area contributed by atoms with Gasteiger partial charge in [0, 0.05) is 22.7 Å². The van der Waals surface area contributed by atoms with E-state index >= 15 is 8.78 Å². The van der Waals surface area contributed by atoms with Crippen molar-refractivity contribution in [3.05, 3.63) is 48.0 Å². The molecule has 6 unspecified atom stereocenters. The number of hydrogen-bond acceptors (Lipinski definition) is 6. The molecule has 0 bridgehead atoms. The lowest BCUT2D eigenvalue weighted by molar-refractivity contribution is -0.221. The van der Waals surface area contributed by atoms with Crippen LogP contribution in [0.1, 0.15) is 50.6 Å². The maximum absolute atomic E-state index is 17.3. The van der Waals surface area contributed by atoms with Gasteiger partial charge in [-0.25, -0.2) is 13.6 Å². The summed E-state index contributed by atoms with van der Waals surface area (Å²) in [6.45, 7) is 4.93. The fourth-order valence-corrected chi connectivity index (χ4v) is 8.35. The monoisotopic (exact) mass is 506 g/mol. The van der Waals surface area contributed by atoms with E-state index in [4.69, 9.17) is 9.15 Å². The summed E-state index contributed by atoms with van der Waals surface area (Å²) in [5, 5.41) is 10.7. The van der Waals surface area contributed by atoms with Gasteiger partial charge < -0.3 is 14.3 Å². The highest BCUT2D eigenvalue weighted by Gasteiger charge is 2.78. The van der Waals surface area contributed by atoms with Crippen LogP contribution in [-0.4, -0.2) is 45.5 Å². The second-order valence-electron chi connectivity index (χ2n) is 10.9. The third-order valence-corrected chi connectivity index (χ3v) is 9.79. The van der Waals surface area contributed by atoms with Crippen LogP contribution in [0.3, 0.4) is 0 Å². The molecule has 0 aliphatic heterocycles. The summed E-state index contributed by atoms with van der Waals surface area (Å²) in [7, 11) is 0. The molecule has 4 aliphatic carbocycles. The van der Waals surface area contributed by atoms with Crippen molar-refractivity contribution in [3.63, 3.8) is 0 Å². The Morgan fingerprint density at radius 2 is 1.97 bits per heavy atom. The molecule has 0 radical (unpaired) electrons. The lowest BCUT2D eigenvalue weighted by Gasteiger charge is -2.63. The Labute approximate surface area is 207 Å². The number of aliphatic hydroxyl groups is 1. The molecule has 35 heavy (non-hydrogen) atoms. The highest BCUT2D eigenvalue weighted by atomic mass is 32.1. The second-order valence-corrected chi connectivity index (χ2v) is 11.3. The van der Waals surface area contributed by atoms with Gasteiger partial charge in [-0.15, -0.1) is 12.6 Å². The zero-order chi connectivity index (χ0) is 25.6. The fourth-order valence-electron chi connectivity index (χ4n) is 7.83. The standard InChI is InChI=1S/C26H28F2O6S/c1-13-9-15-16-11-18(27)17-10-14(29)6-7-23(17,2)25(16,28)20(30)12-24(15,3)26(13,22(32)35)34-21(31)19-5-4-8-33-19/h4-8,10,13,15-16,18,20,30H,9,11-12H2,1-3H3,(H,32,35)/t13-,15?,16?,18+,20?,23?,24?,25+,26?/m1/s1. The molecule has 1 heterocycles. The first-order valence-electron chi connectivity index (χ1n) is 11.8. The van der Waals surface area contributed by atoms with Crippen molar-refractivity contribution in [2.24, 2.45) is 28.6 Å². The molecule has 0 aromatic carbocycles. The van der Waals surface area contributed by atoms with Crippen molar-refractivity contribution in [2.75, 3.05) is 0 Å². The Kier molecular flexibility index (Phi) is 5.32. The van der Waals surface area contributed by atoms with E-state index in [0.29, 0.717) is 0 Å². The van der Waals surface area contributed by atoms with Crippen LogP contribution in [-0.2, 0) is 14.3 Å². The number of rotatable bonds is 3. The zero-order valence-electron chi connectivity index (χ0n) is 19.7. The third-order valence-electron chi connectivity index (χ3n) is 9.46. The Bertz CT molecular complexity index is 1160. The van der Waals surface area contributed by atoms with E-state index in [1.165, 1.54) is 37.5 Å². The molecule has 6 nitrogen and oxygen atoms in total. The topological polar surface area (TPSA) is 93.8 Å². The molecular weight excluding hydrogens is 478 g/mol. The molecule has 9 atom stereocenters. The second kappa shape index (κ2) is 7.62. The van der Waals surface area contributed by atoms with Gasteiger partial charge in [-0.3, -0.25) is 9.59 Å². The first-order valence-corrected chi connectivity index (χ1v) is 12.2. The number of halogens is 2. The normalized spacial score (nSPS) is 46.3. The van der Waals surface area contributed by atoms with Gasteiger partial charge in [-0.1, -0.05) is 19.9 Å². The highest BCUT2D eigenvalue weighted by molar-refractivity contribution is 7.96. The minimum Gasteiger partial charge on any atom is -0.457 e. The summed E-state index contributed by atoms with van der Waals surface area (Å²) in [5.74, 6) is -3.57. The smallest absolute Gasteiger partial charge is 0.375 e. The van der Waals surface area contributed by atoms with E-state index in [1.54, 1.807) is 13.8 Å². The number of furan rings is 1. The van der Waals surface area contributed by atoms with Gasteiger partial charge in [0.2, 0.25) is 10.9 Å². The quantitative estimate of drug-likeness (QED) is 0.472. The molecule has 3 fully saturated rings. The van der Waals surface area contributed by atoms with Gasteiger partial charge in [0.05, 0.1) is 12.4 Å². The Morgan fingerprint density at radius 1 is 1.26 bits per heavy atom. The number of hydrogen-bond donors (Lipinski definition) is 2. The van der Waals surface area contributed by atoms with Gasteiger partial charge >= 0.3 is 5.97 Å². The fraction of sp³-hybridized carbons (Fsp3) is 0.577. The third kappa shape index (κ3) is 2.88. The predicted octanol–water partition coefficient (Wildman–Crippen LogP) is 4.20. The maximum Gasteiger partial charge on any atom is 0.375 e. The summed E-state index contributed by atoms with van der Waals surface area (Å²) in [5.41, 5.74) is -6.80. The van der Waals surface area contributed by atoms with Crippen LogP contribution in [0.15, 0.2) is 46.6 Å². The van der Waals surface area contributed by atoms with Crippen LogP contribution in [0.2, 0.25) is 0 Å². The van der Waals surface area contributed by atoms with Gasteiger partial charge in [-0.05, 0) is 62.0 Å². The molecule has 188 valence electrons. The number of allylic oxidation sites excluding steroid dienone is 4. The van der Waals surface area contributed by atoms with Gasteiger partial charge in [-0.2, -0.15) is 0 Å². The maximum atomic E-state index is 17.3. The lowest BCUT2D eigenvalue weighted by Crippen LogP contribution is -2.70. The molecule has 0 spiro atoms. The average molecular weight is 507 g/mol. The number of carbonyl (C=O) groups is 3. The zero-order valence-corrected chi connectivity index (χ0v) is 20.6. The lowest BCUT2D eigenvalue weighted by atomic mass is 9.44. The minimum atomic E-state index is -2.29. The van der Waals surface area contributed by atoms with Crippen LogP contribution < -0.4 is 0 Å². The van der Waals surface area contributed by atoms with Crippen LogP contribution in [0.4, 0.5) is 8.78 Å². The molecule has 0 amide bonds. The van der Waals surface area contributed by atoms with Crippen molar-refractivity contribution in [1.29, 1.82) is 0 Å². The molecule has 1 aromatic heterocycles. The van der Waals surface area contributed by atoms with Crippen LogP contribution in [0.25, 0.3) is 0 Å². The molecule has 4 aliphatic rings. The van der Waals surface area contributed by atoms with Crippen LogP contribution >= 0.6 is 12.6 Å². The summed E-state index contributed by atoms with van der Waals surface area (Å²) in [6.07, 6.45) is 1.58. The number of esters is 1. The predicted molar refractivity (Wildman–Crippen MR) is 124 cm³/mol. The van der Waals surface area contributed by atoms with Gasteiger partial charge in [0.15, 0.2) is 17.1 Å². The molecule has 1 aromatic rings. The number of ketones is 1. The van der Waals surface area contributed by atoms with E-state index in [0.717, 1.165) is 6.08 Å². The van der Waals surface area contributed by atoms with Crippen molar-refractivity contribution in [2.45, 2.75) is 63.6 Å². The Hall–Kier alpha value is -2.26. The minimum absolute atomic E-state index is 0.0261. The Balaban J connectivity index is 1.62. The number of fused-ring (bicyclic) bond motifs is 5. The Morgan fingerprint density at radius 3 is 2.60 bits per heavy atom. The van der Waals surface area contributed by atoms with E-state index in [-0.39, 0.29) is 30.6 Å². The number of aliphatic hydroxyl groups excluding tert-OH is 1. The number of thiol groups is 1. The van der Waals surface area contributed by atoms with Gasteiger partial charge in [0.25, 0.3) is 0 Å². The van der Waals surface area contributed by atoms with Crippen molar-refractivity contribution < 1.29 is 37.4 Å². The molecular formula is C26H28F2O6S. The summed E-state index contributed by atoms with van der Waals surface area (Å²) in [4.78, 5) is 38.0. The highest BCUT2D eigenvalue weighted by Crippen LogP contribution is 2.71. The molecule has 3 saturated carbocycles. The molecule has 5 rings (SSSR count). The first-order chi connectivity index (χ1) is 16.3. The first kappa shape index (κ1) is 24.4. The molecule has 0 saturated heterocycles. The van der Waals surface area contributed by atoms with Crippen LogP contribution in [0, 0.1) is 28.6 Å². The summed E-state index contributed by atoms with van der Waals surface area (Å²) in [6, 6.07) is 2.91. The average Bonchev–Trinajstić information content (AvgIpc) is 3.39. The van der Waals surface area contributed by atoms with Crippen LogP contribution in [0.5, 0.6) is 0 Å². The van der Waals surface area contributed by atoms with Crippen molar-refractivity contribution in [3.8, 4) is 0 Å². The largest absolute Gasteiger partial charge is 0.457 e. The number of carbonyl (C=O) groups excluding carboxylic acids is 3. The SMILES string of the molecule is C[C@@H]1CC2C3C[C@H](F)C4=CC(=O)C=CC4(C)[C@@]3(F)C(O)CC2(C)C1(OC(=O)c1ccco1)C(=O)S. The van der Waals surface area contributed by atoms with E-state index in [9.17, 15) is 19.5 Å². The summed E-state index contributed by atoms with van der Waals surface area (Å²) < 4.78 is 43.8. The van der Waals surface area contributed by atoms with E-state index in [1.807, 2.05) is 0 Å². The van der Waals surface area contributed by atoms with E-state index in [2.05, 4.69) is 12.6 Å². The van der Waals surface area contributed by atoms with Crippen molar-refractivity contribution >= 4 is 29.5 Å². The number of ether oxygens (including phenoxy) is 1. The molecule has 9 heteroatoms. The van der Waals surface area contributed by atoms with Crippen molar-refractivity contribution in [1.82, 2.24) is 0 Å².